The Bertz CT molecular complexity index is 500. The van der Waals surface area contributed by atoms with Crippen molar-refractivity contribution >= 4 is 11.8 Å². The molecule has 0 unspecified atom stereocenters. The molecule has 0 saturated carbocycles. The van der Waals surface area contributed by atoms with Crippen LogP contribution in [0, 0.1) is 11.8 Å². The van der Waals surface area contributed by atoms with E-state index in [0.717, 1.165) is 0 Å². The largest absolute Gasteiger partial charge is 0.370 e. The predicted molar refractivity (Wildman–Crippen MR) is 68.5 cm³/mol. The van der Waals surface area contributed by atoms with Crippen LogP contribution in [0.5, 0.6) is 0 Å². The van der Waals surface area contributed by atoms with E-state index in [4.69, 9.17) is 11.5 Å². The molecule has 1 aromatic rings. The number of primary amides is 1. The first-order valence-corrected chi connectivity index (χ1v) is 5.49. The first-order valence-electron chi connectivity index (χ1n) is 5.49. The van der Waals surface area contributed by atoms with Crippen LogP contribution in [-0.2, 0) is 4.79 Å². The van der Waals surface area contributed by atoms with E-state index in [1.165, 1.54) is 0 Å². The highest BCUT2D eigenvalue weighted by Crippen LogP contribution is 2.06. The highest BCUT2D eigenvalue weighted by atomic mass is 16.2. The van der Waals surface area contributed by atoms with E-state index < -0.39 is 5.91 Å². The first-order chi connectivity index (χ1) is 8.65. The van der Waals surface area contributed by atoms with Crippen LogP contribution >= 0.6 is 0 Å². The molecular weight excluding hydrogens is 230 g/mol. The van der Waals surface area contributed by atoms with Gasteiger partial charge in [-0.1, -0.05) is 24.0 Å². The van der Waals surface area contributed by atoms with Gasteiger partial charge in [-0.25, -0.2) is 0 Å². The van der Waals surface area contributed by atoms with Crippen molar-refractivity contribution in [1.82, 2.24) is 5.32 Å². The Morgan fingerprint density at radius 1 is 1.28 bits per heavy atom. The molecule has 0 aliphatic heterocycles. The third-order valence-electron chi connectivity index (χ3n) is 2.15. The van der Waals surface area contributed by atoms with Crippen LogP contribution in [0.4, 0.5) is 0 Å². The Morgan fingerprint density at radius 3 is 2.67 bits per heavy atom. The van der Waals surface area contributed by atoms with Crippen LogP contribution in [0.2, 0.25) is 0 Å². The second-order valence-corrected chi connectivity index (χ2v) is 3.52. The minimum Gasteiger partial charge on any atom is -0.370 e. The van der Waals surface area contributed by atoms with E-state index in [2.05, 4.69) is 17.2 Å². The molecule has 0 atom stereocenters. The minimum atomic E-state index is -0.452. The normalized spacial score (nSPS) is 9.17. The second-order valence-electron chi connectivity index (χ2n) is 3.52. The van der Waals surface area contributed by atoms with Crippen LogP contribution < -0.4 is 16.8 Å². The van der Waals surface area contributed by atoms with Gasteiger partial charge in [0.25, 0.3) is 5.91 Å². The zero-order chi connectivity index (χ0) is 13.4. The number of benzene rings is 1. The van der Waals surface area contributed by atoms with E-state index in [0.29, 0.717) is 11.1 Å². The summed E-state index contributed by atoms with van der Waals surface area (Å²) >= 11 is 0. The van der Waals surface area contributed by atoms with E-state index >= 15 is 0 Å². The molecule has 0 bridgehead atoms. The molecule has 0 saturated heterocycles. The van der Waals surface area contributed by atoms with Gasteiger partial charge in [0.2, 0.25) is 5.91 Å². The molecule has 5 N–H and O–H groups in total. The number of carbonyl (C=O) groups is 2. The molecule has 0 spiro atoms. The zero-order valence-corrected chi connectivity index (χ0v) is 9.90. The molecule has 0 aromatic heterocycles. The molecule has 0 fully saturated rings. The Kier molecular flexibility index (Phi) is 5.42. The van der Waals surface area contributed by atoms with Crippen molar-refractivity contribution in [2.75, 3.05) is 13.1 Å². The lowest BCUT2D eigenvalue weighted by Gasteiger charge is -2.05. The lowest BCUT2D eigenvalue weighted by molar-refractivity contribution is -0.117. The monoisotopic (exact) mass is 245 g/mol. The Morgan fingerprint density at radius 2 is 2.00 bits per heavy atom. The van der Waals surface area contributed by atoms with E-state index in [-0.39, 0.29) is 25.4 Å². The number of hydrogen-bond donors (Lipinski definition) is 3. The van der Waals surface area contributed by atoms with Crippen LogP contribution in [0.25, 0.3) is 0 Å². The van der Waals surface area contributed by atoms with Gasteiger partial charge in [0.15, 0.2) is 0 Å². The number of rotatable bonds is 4. The molecule has 0 radical (unpaired) electrons. The summed E-state index contributed by atoms with van der Waals surface area (Å²) in [6.45, 7) is 0.449. The van der Waals surface area contributed by atoms with Gasteiger partial charge in [0, 0.05) is 18.5 Å². The fraction of sp³-hybridized carbons (Fsp3) is 0.231. The van der Waals surface area contributed by atoms with Crippen molar-refractivity contribution in [3.05, 3.63) is 35.4 Å². The third kappa shape index (κ3) is 4.28. The van der Waals surface area contributed by atoms with Gasteiger partial charge in [-0.15, -0.1) is 0 Å². The maximum absolute atomic E-state index is 11.8. The molecule has 1 rings (SSSR count). The Balaban J connectivity index is 2.75. The van der Waals surface area contributed by atoms with Crippen molar-refractivity contribution in [1.29, 1.82) is 0 Å². The van der Waals surface area contributed by atoms with Crippen molar-refractivity contribution in [3.63, 3.8) is 0 Å². The van der Waals surface area contributed by atoms with Crippen molar-refractivity contribution in [3.8, 4) is 11.8 Å². The van der Waals surface area contributed by atoms with E-state index in [9.17, 15) is 9.59 Å². The average Bonchev–Trinajstić information content (AvgIpc) is 2.36. The van der Waals surface area contributed by atoms with E-state index in [1.807, 2.05) is 0 Å². The van der Waals surface area contributed by atoms with Gasteiger partial charge in [0.1, 0.15) is 0 Å². The van der Waals surface area contributed by atoms with Crippen molar-refractivity contribution < 1.29 is 9.59 Å². The molecule has 1 aromatic carbocycles. The summed E-state index contributed by atoms with van der Waals surface area (Å²) in [5, 5.41) is 2.61. The molecule has 5 nitrogen and oxygen atoms in total. The highest BCUT2D eigenvalue weighted by molar-refractivity contribution is 5.96. The zero-order valence-electron chi connectivity index (χ0n) is 9.90. The van der Waals surface area contributed by atoms with Crippen LogP contribution in [0.3, 0.4) is 0 Å². The smallest absolute Gasteiger partial charge is 0.252 e. The molecule has 18 heavy (non-hydrogen) atoms. The summed E-state index contributed by atoms with van der Waals surface area (Å²) in [5.74, 6) is 4.79. The summed E-state index contributed by atoms with van der Waals surface area (Å²) < 4.78 is 0. The van der Waals surface area contributed by atoms with Crippen LogP contribution in [-0.4, -0.2) is 24.9 Å². The first kappa shape index (κ1) is 13.7. The molecule has 94 valence electrons. The fourth-order valence-electron chi connectivity index (χ4n) is 1.33. The summed E-state index contributed by atoms with van der Waals surface area (Å²) in [6.07, 6.45) is 0.113. The number of hydrogen-bond acceptors (Lipinski definition) is 3. The fourth-order valence-corrected chi connectivity index (χ4v) is 1.33. The van der Waals surface area contributed by atoms with Crippen LogP contribution in [0.1, 0.15) is 22.3 Å². The maximum Gasteiger partial charge on any atom is 0.252 e. The average molecular weight is 245 g/mol. The Labute approximate surface area is 106 Å². The predicted octanol–water partition coefficient (Wildman–Crippen LogP) is -0.398. The van der Waals surface area contributed by atoms with Gasteiger partial charge in [-0.3, -0.25) is 9.59 Å². The quantitative estimate of drug-likeness (QED) is 0.629. The molecular formula is C13H15N3O2. The number of nitrogens with two attached hydrogens (primary N) is 2. The summed E-state index contributed by atoms with van der Waals surface area (Å²) in [5.41, 5.74) is 11.3. The number of nitrogens with one attached hydrogen (secondary N) is 1. The molecule has 0 aliphatic rings. The summed E-state index contributed by atoms with van der Waals surface area (Å²) in [6, 6.07) is 6.95. The molecule has 5 heteroatoms. The van der Waals surface area contributed by atoms with Gasteiger partial charge >= 0.3 is 0 Å². The van der Waals surface area contributed by atoms with Crippen LogP contribution in [0.15, 0.2) is 24.3 Å². The lowest BCUT2D eigenvalue weighted by Crippen LogP contribution is -2.28. The van der Waals surface area contributed by atoms with Crippen molar-refractivity contribution in [2.45, 2.75) is 6.42 Å². The SMILES string of the molecule is NCC#Cc1ccccc1C(=O)NCCC(N)=O. The third-order valence-corrected chi connectivity index (χ3v) is 2.15. The van der Waals surface area contributed by atoms with Gasteiger partial charge in [0.05, 0.1) is 12.1 Å². The maximum atomic E-state index is 11.8. The molecule has 0 heterocycles. The molecule has 0 aliphatic carbocycles. The topological polar surface area (TPSA) is 98.2 Å². The van der Waals surface area contributed by atoms with Gasteiger partial charge in [-0.2, -0.15) is 0 Å². The standard InChI is InChI=1S/C13H15N3O2/c14-8-3-5-10-4-1-2-6-11(10)13(18)16-9-7-12(15)17/h1-2,4,6H,7-9,14H2,(H2,15,17)(H,16,18). The highest BCUT2D eigenvalue weighted by Gasteiger charge is 2.08. The van der Waals surface area contributed by atoms with Crippen molar-refractivity contribution in [2.24, 2.45) is 11.5 Å². The summed E-state index contributed by atoms with van der Waals surface area (Å²) in [4.78, 5) is 22.4. The van der Waals surface area contributed by atoms with E-state index in [1.54, 1.807) is 24.3 Å². The molecule has 2 amide bonds. The lowest BCUT2D eigenvalue weighted by atomic mass is 10.1. The van der Waals surface area contributed by atoms with Gasteiger partial charge < -0.3 is 16.8 Å². The Hall–Kier alpha value is -2.32. The number of carbonyl (C=O) groups excluding carboxylic acids is 2. The minimum absolute atomic E-state index is 0.113. The summed E-state index contributed by atoms with van der Waals surface area (Å²) in [7, 11) is 0. The number of amides is 2. The second kappa shape index (κ2) is 7.09. The van der Waals surface area contributed by atoms with Gasteiger partial charge in [-0.05, 0) is 12.1 Å².